The molecule has 0 unspecified atom stereocenters. The number of rotatable bonds is 3. The lowest BCUT2D eigenvalue weighted by atomic mass is 10.2. The zero-order chi connectivity index (χ0) is 13.0. The molecule has 1 heterocycles. The first-order chi connectivity index (χ1) is 8.76. The number of allylic oxidation sites excluding steroid dienone is 2. The van der Waals surface area contributed by atoms with E-state index in [0.717, 1.165) is 40.8 Å². The SMILES string of the molecule is N#CCN(C1=C(C#N)CCC1)c1ccc(Br)nc1. The zero-order valence-electron chi connectivity index (χ0n) is 9.73. The summed E-state index contributed by atoms with van der Waals surface area (Å²) in [5.74, 6) is 0. The Bertz CT molecular complexity index is 548. The second-order valence-electron chi connectivity index (χ2n) is 3.97. The minimum Gasteiger partial charge on any atom is -0.329 e. The lowest BCUT2D eigenvalue weighted by Gasteiger charge is -2.23. The van der Waals surface area contributed by atoms with Crippen LogP contribution in [0.1, 0.15) is 19.3 Å². The molecule has 1 aliphatic rings. The van der Waals surface area contributed by atoms with Gasteiger partial charge in [0.1, 0.15) is 11.1 Å². The van der Waals surface area contributed by atoms with E-state index in [1.165, 1.54) is 0 Å². The fraction of sp³-hybridized carbons (Fsp3) is 0.308. The lowest BCUT2D eigenvalue weighted by molar-refractivity contribution is 0.864. The van der Waals surface area contributed by atoms with Gasteiger partial charge in [-0.1, -0.05) is 0 Å². The first-order valence-electron chi connectivity index (χ1n) is 5.64. The van der Waals surface area contributed by atoms with Crippen LogP contribution in [0.25, 0.3) is 0 Å². The van der Waals surface area contributed by atoms with Gasteiger partial charge in [0.05, 0.1) is 24.0 Å². The Morgan fingerprint density at radius 3 is 2.78 bits per heavy atom. The van der Waals surface area contributed by atoms with E-state index in [0.29, 0.717) is 0 Å². The third-order valence-corrected chi connectivity index (χ3v) is 3.37. The van der Waals surface area contributed by atoms with Crippen LogP contribution in [-0.4, -0.2) is 11.5 Å². The van der Waals surface area contributed by atoms with Crippen LogP contribution in [0.4, 0.5) is 5.69 Å². The van der Waals surface area contributed by atoms with Crippen molar-refractivity contribution < 1.29 is 0 Å². The van der Waals surface area contributed by atoms with E-state index in [-0.39, 0.29) is 6.54 Å². The minimum atomic E-state index is 0.240. The van der Waals surface area contributed by atoms with Gasteiger partial charge in [0, 0.05) is 11.3 Å². The summed E-state index contributed by atoms with van der Waals surface area (Å²) in [7, 11) is 0. The van der Waals surface area contributed by atoms with Crippen molar-refractivity contribution in [2.45, 2.75) is 19.3 Å². The van der Waals surface area contributed by atoms with Gasteiger partial charge in [-0.2, -0.15) is 10.5 Å². The molecule has 0 spiro atoms. The van der Waals surface area contributed by atoms with Crippen LogP contribution in [0.2, 0.25) is 0 Å². The highest BCUT2D eigenvalue weighted by atomic mass is 79.9. The summed E-state index contributed by atoms with van der Waals surface area (Å²) >= 11 is 3.28. The van der Waals surface area contributed by atoms with E-state index in [4.69, 9.17) is 10.5 Å². The number of nitrogens with zero attached hydrogens (tertiary/aromatic N) is 4. The number of anilines is 1. The molecule has 0 saturated heterocycles. The molecule has 5 heteroatoms. The second-order valence-corrected chi connectivity index (χ2v) is 4.79. The van der Waals surface area contributed by atoms with Crippen LogP contribution < -0.4 is 4.90 Å². The lowest BCUT2D eigenvalue weighted by Crippen LogP contribution is -2.22. The van der Waals surface area contributed by atoms with Gasteiger partial charge in [0.2, 0.25) is 0 Å². The summed E-state index contributed by atoms with van der Waals surface area (Å²) in [6.07, 6.45) is 4.34. The molecule has 0 atom stereocenters. The molecule has 1 aromatic rings. The Morgan fingerprint density at radius 1 is 1.33 bits per heavy atom. The van der Waals surface area contributed by atoms with Crippen molar-refractivity contribution in [1.82, 2.24) is 4.98 Å². The highest BCUT2D eigenvalue weighted by Gasteiger charge is 2.21. The molecule has 1 aliphatic carbocycles. The average molecular weight is 303 g/mol. The first kappa shape index (κ1) is 12.6. The van der Waals surface area contributed by atoms with E-state index in [2.05, 4.69) is 33.1 Å². The molecular formula is C13H11BrN4. The summed E-state index contributed by atoms with van der Waals surface area (Å²) in [5, 5.41) is 18.0. The summed E-state index contributed by atoms with van der Waals surface area (Å²) < 4.78 is 0.754. The molecule has 0 N–H and O–H groups in total. The molecule has 18 heavy (non-hydrogen) atoms. The summed E-state index contributed by atoms with van der Waals surface area (Å²) in [6.45, 7) is 0.240. The highest BCUT2D eigenvalue weighted by Crippen LogP contribution is 2.31. The molecule has 0 bridgehead atoms. The largest absolute Gasteiger partial charge is 0.329 e. The fourth-order valence-electron chi connectivity index (χ4n) is 2.09. The molecule has 0 fully saturated rings. The number of nitriles is 2. The van der Waals surface area contributed by atoms with Gasteiger partial charge in [-0.25, -0.2) is 4.98 Å². The average Bonchev–Trinajstić information content (AvgIpc) is 2.85. The number of hydrogen-bond acceptors (Lipinski definition) is 4. The standard InChI is InChI=1S/C13H11BrN4/c14-13-5-4-11(9-17-13)18(7-6-15)12-3-1-2-10(12)8-16/h4-5,9H,1-3,7H2. The molecule has 0 amide bonds. The predicted molar refractivity (Wildman–Crippen MR) is 71.4 cm³/mol. The molecule has 0 aromatic carbocycles. The van der Waals surface area contributed by atoms with E-state index >= 15 is 0 Å². The first-order valence-corrected chi connectivity index (χ1v) is 6.43. The van der Waals surface area contributed by atoms with Crippen molar-refractivity contribution in [3.05, 3.63) is 34.2 Å². The van der Waals surface area contributed by atoms with Gasteiger partial charge < -0.3 is 4.90 Å². The Balaban J connectivity index is 2.38. The van der Waals surface area contributed by atoms with Gasteiger partial charge in [-0.15, -0.1) is 0 Å². The minimum absolute atomic E-state index is 0.240. The molecule has 0 radical (unpaired) electrons. The fourth-order valence-corrected chi connectivity index (χ4v) is 2.32. The van der Waals surface area contributed by atoms with Gasteiger partial charge in [0.25, 0.3) is 0 Å². The number of pyridine rings is 1. The van der Waals surface area contributed by atoms with Crippen molar-refractivity contribution in [2.24, 2.45) is 0 Å². The van der Waals surface area contributed by atoms with Crippen LogP contribution >= 0.6 is 15.9 Å². The third-order valence-electron chi connectivity index (χ3n) is 2.90. The van der Waals surface area contributed by atoms with E-state index in [9.17, 15) is 0 Å². The van der Waals surface area contributed by atoms with Gasteiger partial charge in [-0.05, 0) is 47.3 Å². The Morgan fingerprint density at radius 2 is 2.17 bits per heavy atom. The molecular weight excluding hydrogens is 292 g/mol. The Labute approximate surface area is 114 Å². The van der Waals surface area contributed by atoms with Crippen molar-refractivity contribution in [2.75, 3.05) is 11.4 Å². The van der Waals surface area contributed by atoms with Gasteiger partial charge in [-0.3, -0.25) is 0 Å². The Kier molecular flexibility index (Phi) is 3.96. The maximum atomic E-state index is 9.10. The molecule has 0 saturated carbocycles. The van der Waals surface area contributed by atoms with Crippen molar-refractivity contribution in [3.63, 3.8) is 0 Å². The number of halogens is 1. The van der Waals surface area contributed by atoms with Gasteiger partial charge >= 0.3 is 0 Å². The van der Waals surface area contributed by atoms with Gasteiger partial charge in [0.15, 0.2) is 0 Å². The van der Waals surface area contributed by atoms with Crippen LogP contribution in [0.5, 0.6) is 0 Å². The Hall–Kier alpha value is -1.85. The molecule has 0 aliphatic heterocycles. The van der Waals surface area contributed by atoms with Crippen LogP contribution in [0.15, 0.2) is 34.2 Å². The van der Waals surface area contributed by atoms with Crippen molar-refractivity contribution in [3.8, 4) is 12.1 Å². The van der Waals surface area contributed by atoms with Crippen LogP contribution in [0.3, 0.4) is 0 Å². The van der Waals surface area contributed by atoms with E-state index in [1.807, 2.05) is 17.0 Å². The molecule has 4 nitrogen and oxygen atoms in total. The van der Waals surface area contributed by atoms with E-state index < -0.39 is 0 Å². The highest BCUT2D eigenvalue weighted by molar-refractivity contribution is 9.10. The smallest absolute Gasteiger partial charge is 0.110 e. The van der Waals surface area contributed by atoms with Crippen LogP contribution in [-0.2, 0) is 0 Å². The molecule has 90 valence electrons. The topological polar surface area (TPSA) is 63.7 Å². The maximum Gasteiger partial charge on any atom is 0.110 e. The summed E-state index contributed by atoms with van der Waals surface area (Å²) in [4.78, 5) is 6.04. The second kappa shape index (κ2) is 5.66. The summed E-state index contributed by atoms with van der Waals surface area (Å²) in [6, 6.07) is 8.11. The number of aromatic nitrogens is 1. The molecule has 1 aromatic heterocycles. The maximum absolute atomic E-state index is 9.10. The quantitative estimate of drug-likeness (QED) is 0.635. The normalized spacial score (nSPS) is 14.2. The van der Waals surface area contributed by atoms with Crippen molar-refractivity contribution in [1.29, 1.82) is 10.5 Å². The number of hydrogen-bond donors (Lipinski definition) is 0. The monoisotopic (exact) mass is 302 g/mol. The zero-order valence-corrected chi connectivity index (χ0v) is 11.3. The molecule has 2 rings (SSSR count). The van der Waals surface area contributed by atoms with E-state index in [1.54, 1.807) is 6.20 Å². The third kappa shape index (κ3) is 2.52. The van der Waals surface area contributed by atoms with Crippen LogP contribution in [0, 0.1) is 22.7 Å². The van der Waals surface area contributed by atoms with Crippen molar-refractivity contribution >= 4 is 21.6 Å². The summed E-state index contributed by atoms with van der Waals surface area (Å²) in [5.41, 5.74) is 2.60. The predicted octanol–water partition coefficient (Wildman–Crippen LogP) is 3.14.